The number of hydrogen-bond donors (Lipinski definition) is 2. The highest BCUT2D eigenvalue weighted by Crippen LogP contribution is 3.02. The van der Waals surface area contributed by atoms with Crippen molar-refractivity contribution in [3.63, 3.8) is 0 Å². The molecule has 0 radical (unpaired) electrons. The Morgan fingerprint density at radius 2 is 1.89 bits per heavy atom. The zero-order chi connectivity index (χ0) is 33.1. The molecule has 2 unspecified atom stereocenters. The molecular formula is C29H36F5N5O4S. The number of likely N-dealkylation sites (tertiary alicyclic amines) is 1. The highest BCUT2D eigenvalue weighted by molar-refractivity contribution is 8.45. The Bertz CT molecular complexity index is 1470. The Hall–Kier alpha value is -3.54. The van der Waals surface area contributed by atoms with E-state index in [1.165, 1.54) is 4.90 Å². The molecule has 2 saturated heterocycles. The topological polar surface area (TPSA) is 132 Å². The molecule has 1 aliphatic carbocycles. The molecule has 2 N–H and O–H groups in total. The van der Waals surface area contributed by atoms with Crippen molar-refractivity contribution in [3.05, 3.63) is 29.8 Å². The molecule has 2 aliphatic heterocycles. The third kappa shape index (κ3) is 6.74. The van der Waals surface area contributed by atoms with E-state index in [4.69, 9.17) is 0 Å². The molecule has 4 amide bonds. The SMILES string of the molecule is CC(C)(C)C(C=NC(=O)c1cccc(S(F)(F)(F)(F)F)c1)C(=O)N1C[C@H]2C([C@H]1C(=O)N[C@H](C#N)C[C@@H]1CCNC1=O)C2(C)C. The van der Waals surface area contributed by atoms with Gasteiger partial charge in [0.25, 0.3) is 5.91 Å². The Morgan fingerprint density at radius 1 is 1.23 bits per heavy atom. The highest BCUT2D eigenvalue weighted by atomic mass is 32.5. The molecular weight excluding hydrogens is 609 g/mol. The van der Waals surface area contributed by atoms with Crippen molar-refractivity contribution in [2.45, 2.75) is 64.4 Å². The second-order valence-corrected chi connectivity index (χ2v) is 15.9. The Balaban J connectivity index is 1.56. The van der Waals surface area contributed by atoms with Crippen molar-refractivity contribution in [1.82, 2.24) is 15.5 Å². The summed E-state index contributed by atoms with van der Waals surface area (Å²) in [5, 5.41) is 15.1. The van der Waals surface area contributed by atoms with Gasteiger partial charge in [-0.15, -0.1) is 0 Å². The number of fused-ring (bicyclic) bond motifs is 1. The molecule has 1 aromatic carbocycles. The summed E-state index contributed by atoms with van der Waals surface area (Å²) in [7, 11) is -10.0. The number of nitrogens with one attached hydrogen (secondary N) is 2. The first-order valence-electron chi connectivity index (χ1n) is 14.2. The predicted molar refractivity (Wildman–Crippen MR) is 153 cm³/mol. The van der Waals surface area contributed by atoms with Gasteiger partial charge in [0.15, 0.2) is 0 Å². The number of carbonyl (C=O) groups is 4. The Labute approximate surface area is 252 Å². The Morgan fingerprint density at radius 3 is 2.43 bits per heavy atom. The van der Waals surface area contributed by atoms with Crippen LogP contribution in [0.3, 0.4) is 0 Å². The molecule has 0 bridgehead atoms. The average molecular weight is 646 g/mol. The lowest BCUT2D eigenvalue weighted by Gasteiger charge is -2.40. The lowest BCUT2D eigenvalue weighted by atomic mass is 9.80. The van der Waals surface area contributed by atoms with Crippen LogP contribution in [0.1, 0.15) is 57.8 Å². The molecule has 0 spiro atoms. The van der Waals surface area contributed by atoms with E-state index in [0.29, 0.717) is 19.0 Å². The molecule has 242 valence electrons. The van der Waals surface area contributed by atoms with E-state index in [9.17, 15) is 43.9 Å². The van der Waals surface area contributed by atoms with Gasteiger partial charge in [0.05, 0.1) is 12.0 Å². The van der Waals surface area contributed by atoms with Crippen molar-refractivity contribution in [3.8, 4) is 6.07 Å². The molecule has 6 atom stereocenters. The summed E-state index contributed by atoms with van der Waals surface area (Å²) in [5.74, 6) is -4.31. The summed E-state index contributed by atoms with van der Waals surface area (Å²) < 4.78 is 66.4. The summed E-state index contributed by atoms with van der Waals surface area (Å²) in [6, 6.07) is 1.91. The molecule has 2 heterocycles. The maximum absolute atomic E-state index is 14.0. The van der Waals surface area contributed by atoms with Crippen LogP contribution in [0.4, 0.5) is 19.4 Å². The zero-order valence-corrected chi connectivity index (χ0v) is 25.8. The minimum Gasteiger partial charge on any atom is -0.356 e. The fourth-order valence-electron chi connectivity index (χ4n) is 6.29. The maximum atomic E-state index is 14.0. The normalized spacial score (nSPS) is 27.4. The monoisotopic (exact) mass is 645 g/mol. The molecule has 3 aliphatic rings. The van der Waals surface area contributed by atoms with Crippen LogP contribution in [0.25, 0.3) is 0 Å². The molecule has 44 heavy (non-hydrogen) atoms. The van der Waals surface area contributed by atoms with Gasteiger partial charge in [-0.2, -0.15) is 5.26 Å². The first-order valence-corrected chi connectivity index (χ1v) is 16.1. The fourth-order valence-corrected chi connectivity index (χ4v) is 6.98. The minimum atomic E-state index is -10.0. The third-order valence-electron chi connectivity index (χ3n) is 8.98. The van der Waals surface area contributed by atoms with E-state index in [1.807, 2.05) is 19.9 Å². The van der Waals surface area contributed by atoms with Crippen LogP contribution in [-0.2, 0) is 14.4 Å². The van der Waals surface area contributed by atoms with Crippen LogP contribution in [0.15, 0.2) is 34.2 Å². The van der Waals surface area contributed by atoms with Gasteiger partial charge in [-0.25, -0.2) is 4.99 Å². The largest absolute Gasteiger partial charge is 0.356 e. The van der Waals surface area contributed by atoms with E-state index >= 15 is 0 Å². The number of carbonyl (C=O) groups excluding carboxylic acids is 4. The van der Waals surface area contributed by atoms with Gasteiger partial charge in [0, 0.05) is 30.8 Å². The number of halogens is 5. The van der Waals surface area contributed by atoms with Crippen molar-refractivity contribution in [2.75, 3.05) is 13.1 Å². The van der Waals surface area contributed by atoms with E-state index < -0.39 is 67.7 Å². The highest BCUT2D eigenvalue weighted by Gasteiger charge is 2.70. The number of amides is 4. The van der Waals surface area contributed by atoms with Gasteiger partial charge >= 0.3 is 10.2 Å². The minimum absolute atomic E-state index is 0.0165. The van der Waals surface area contributed by atoms with Crippen molar-refractivity contribution >= 4 is 40.1 Å². The number of piperidine rings is 1. The first kappa shape index (κ1) is 33.4. The maximum Gasteiger partial charge on any atom is 0.310 e. The molecule has 4 rings (SSSR count). The van der Waals surface area contributed by atoms with Gasteiger partial charge in [0.2, 0.25) is 17.7 Å². The number of benzene rings is 1. The molecule has 1 saturated carbocycles. The van der Waals surface area contributed by atoms with Gasteiger partial charge in [-0.1, -0.05) is 60.1 Å². The summed E-state index contributed by atoms with van der Waals surface area (Å²) >= 11 is 0. The van der Waals surface area contributed by atoms with Crippen LogP contribution in [0.5, 0.6) is 0 Å². The number of nitriles is 1. The first-order chi connectivity index (χ1) is 19.9. The van der Waals surface area contributed by atoms with Crippen molar-refractivity contribution < 1.29 is 38.6 Å². The average Bonchev–Trinajstić information content (AvgIpc) is 3.24. The summed E-state index contributed by atoms with van der Waals surface area (Å²) in [4.78, 5) is 55.1. The van der Waals surface area contributed by atoms with Crippen LogP contribution >= 0.6 is 10.2 Å². The lowest BCUT2D eigenvalue weighted by Crippen LogP contribution is -2.54. The van der Waals surface area contributed by atoms with E-state index in [2.05, 4.69) is 15.6 Å². The lowest BCUT2D eigenvalue weighted by molar-refractivity contribution is -0.144. The van der Waals surface area contributed by atoms with E-state index in [1.54, 1.807) is 20.8 Å². The van der Waals surface area contributed by atoms with E-state index in [0.717, 1.165) is 12.3 Å². The van der Waals surface area contributed by atoms with Crippen LogP contribution in [-0.4, -0.2) is 59.9 Å². The van der Waals surface area contributed by atoms with Crippen LogP contribution < -0.4 is 10.6 Å². The fraction of sp³-hybridized carbons (Fsp3) is 0.586. The summed E-state index contributed by atoms with van der Waals surface area (Å²) in [6.45, 7) is 9.67. The third-order valence-corrected chi connectivity index (χ3v) is 10.1. The van der Waals surface area contributed by atoms with Crippen LogP contribution in [0, 0.1) is 45.8 Å². The Kier molecular flexibility index (Phi) is 7.77. The number of hydrogen-bond acceptors (Lipinski definition) is 5. The second kappa shape index (κ2) is 10.3. The van der Waals surface area contributed by atoms with Gasteiger partial charge in [0.1, 0.15) is 17.0 Å². The standard InChI is InChI=1S/C29H36F5N5O4S/c1-28(2,3)20(14-37-25(41)16-7-6-8-19(12-16)44(30,31,32,33)34)27(43)39-15-21-22(29(21,4)5)23(39)26(42)38-18(13-35)11-17-9-10-36-24(17)40/h6-8,12,14,17-18,20-23H,9-11,15H2,1-5H3,(H,36,40)(H,38,42)/t17-,18-,20?,21-,22?,23-/m0/s1. The number of rotatable bonds is 8. The summed E-state index contributed by atoms with van der Waals surface area (Å²) in [5.41, 5.74) is -1.87. The van der Waals surface area contributed by atoms with Crippen molar-refractivity contribution in [1.29, 1.82) is 5.26 Å². The number of nitrogens with zero attached hydrogens (tertiary/aromatic N) is 3. The van der Waals surface area contributed by atoms with Gasteiger partial charge < -0.3 is 15.5 Å². The van der Waals surface area contributed by atoms with Crippen LogP contribution in [0.2, 0.25) is 0 Å². The summed E-state index contributed by atoms with van der Waals surface area (Å²) in [6.07, 6.45) is 1.64. The smallest absolute Gasteiger partial charge is 0.310 e. The molecule has 9 nitrogen and oxygen atoms in total. The van der Waals surface area contributed by atoms with Gasteiger partial charge in [-0.05, 0) is 53.7 Å². The molecule has 15 heteroatoms. The number of aliphatic imine (C=N–C) groups is 1. The van der Waals surface area contributed by atoms with Crippen molar-refractivity contribution in [2.24, 2.45) is 39.5 Å². The van der Waals surface area contributed by atoms with Gasteiger partial charge in [-0.3, -0.25) is 19.2 Å². The van der Waals surface area contributed by atoms with E-state index in [-0.39, 0.29) is 48.3 Å². The molecule has 3 fully saturated rings. The second-order valence-electron chi connectivity index (χ2n) is 13.5. The molecule has 1 aromatic rings. The quantitative estimate of drug-likeness (QED) is 0.295. The zero-order valence-electron chi connectivity index (χ0n) is 25.0. The predicted octanol–water partition coefficient (Wildman–Crippen LogP) is 5.23. The molecule has 0 aromatic heterocycles.